The van der Waals surface area contributed by atoms with Crippen LogP contribution in [-0.4, -0.2) is 26.8 Å². The third-order valence-electron chi connectivity index (χ3n) is 5.73. The topological polar surface area (TPSA) is 87.8 Å². The number of aromatic nitrogens is 2. The number of rotatable bonds is 5. The first kappa shape index (κ1) is 21.1. The van der Waals surface area contributed by atoms with Crippen LogP contribution in [0.25, 0.3) is 16.6 Å². The van der Waals surface area contributed by atoms with Crippen LogP contribution in [0.1, 0.15) is 36.8 Å². The third kappa shape index (κ3) is 4.21. The monoisotopic (exact) mass is 432 g/mol. The smallest absolute Gasteiger partial charge is 0.266 e. The summed E-state index contributed by atoms with van der Waals surface area (Å²) in [4.78, 5) is 30.8. The van der Waals surface area contributed by atoms with Crippen molar-refractivity contribution in [3.8, 4) is 11.8 Å². The molecule has 1 fully saturated rings. The maximum absolute atomic E-state index is 13.4. The van der Waals surface area contributed by atoms with Gasteiger partial charge in [0.2, 0.25) is 5.91 Å². The van der Waals surface area contributed by atoms with Gasteiger partial charge in [-0.05, 0) is 68.9 Å². The number of nitrogens with zero attached hydrogens (tertiary/aromatic N) is 3. The van der Waals surface area contributed by atoms with Gasteiger partial charge in [-0.2, -0.15) is 5.26 Å². The molecule has 6 nitrogen and oxygen atoms in total. The number of hydrogen-bond acceptors (Lipinski definition) is 5. The average Bonchev–Trinajstić information content (AvgIpc) is 3.23. The molecule has 0 aliphatic heterocycles. The van der Waals surface area contributed by atoms with Crippen LogP contribution in [0.2, 0.25) is 0 Å². The van der Waals surface area contributed by atoms with Crippen molar-refractivity contribution in [2.24, 2.45) is 0 Å². The summed E-state index contributed by atoms with van der Waals surface area (Å²) >= 11 is 1.22. The molecule has 3 aromatic rings. The number of carbonyl (C=O) groups is 1. The first-order chi connectivity index (χ1) is 14.9. The number of fused-ring (bicyclic) bond motifs is 1. The molecule has 1 saturated carbocycles. The molecule has 1 amide bonds. The molecule has 7 heteroatoms. The number of carbonyl (C=O) groups excluding carboxylic acids is 1. The first-order valence-electron chi connectivity index (χ1n) is 10.4. The Balaban J connectivity index is 1.71. The van der Waals surface area contributed by atoms with Gasteiger partial charge in [0.25, 0.3) is 5.56 Å². The van der Waals surface area contributed by atoms with E-state index in [1.807, 2.05) is 44.2 Å². The number of aryl methyl sites for hydroxylation is 2. The van der Waals surface area contributed by atoms with E-state index in [4.69, 9.17) is 4.98 Å². The minimum absolute atomic E-state index is 0.0824. The lowest BCUT2D eigenvalue weighted by Crippen LogP contribution is -2.45. The summed E-state index contributed by atoms with van der Waals surface area (Å²) in [5, 5.41) is 13.4. The molecular formula is C24H24N4O2S. The predicted molar refractivity (Wildman–Crippen MR) is 122 cm³/mol. The van der Waals surface area contributed by atoms with Crippen LogP contribution in [0.5, 0.6) is 0 Å². The van der Waals surface area contributed by atoms with Crippen LogP contribution >= 0.6 is 11.8 Å². The zero-order chi connectivity index (χ0) is 22.0. The Kier molecular flexibility index (Phi) is 5.84. The molecule has 0 radical (unpaired) electrons. The molecule has 1 aliphatic carbocycles. The summed E-state index contributed by atoms with van der Waals surface area (Å²) in [5.41, 5.74) is 2.42. The molecule has 0 spiro atoms. The second-order valence-electron chi connectivity index (χ2n) is 8.08. The summed E-state index contributed by atoms with van der Waals surface area (Å²) in [6, 6.07) is 15.5. The Bertz CT molecular complexity index is 1250. The molecule has 158 valence electrons. The molecular weight excluding hydrogens is 408 g/mol. The van der Waals surface area contributed by atoms with Crippen molar-refractivity contribution in [3.63, 3.8) is 0 Å². The number of nitrogens with one attached hydrogen (secondary N) is 1. The van der Waals surface area contributed by atoms with Gasteiger partial charge in [0.15, 0.2) is 5.16 Å². The van der Waals surface area contributed by atoms with E-state index in [0.717, 1.165) is 29.7 Å². The largest absolute Gasteiger partial charge is 0.337 e. The molecule has 4 rings (SSSR count). The van der Waals surface area contributed by atoms with Gasteiger partial charge in [0.1, 0.15) is 5.54 Å². The Labute approximate surface area is 185 Å². The van der Waals surface area contributed by atoms with Crippen molar-refractivity contribution in [3.05, 3.63) is 63.9 Å². The van der Waals surface area contributed by atoms with Crippen LogP contribution in [0.15, 0.2) is 52.4 Å². The Morgan fingerprint density at radius 1 is 1.23 bits per heavy atom. The van der Waals surface area contributed by atoms with Crippen LogP contribution in [-0.2, 0) is 4.79 Å². The van der Waals surface area contributed by atoms with Crippen molar-refractivity contribution in [2.45, 2.75) is 50.2 Å². The van der Waals surface area contributed by atoms with Crippen molar-refractivity contribution in [1.82, 2.24) is 14.9 Å². The molecule has 1 aliphatic rings. The van der Waals surface area contributed by atoms with Crippen LogP contribution in [0.4, 0.5) is 0 Å². The van der Waals surface area contributed by atoms with Gasteiger partial charge < -0.3 is 5.32 Å². The fraction of sp³-hybridized carbons (Fsp3) is 0.333. The minimum atomic E-state index is -0.763. The number of thioether (sulfide) groups is 1. The zero-order valence-electron chi connectivity index (χ0n) is 17.6. The quantitative estimate of drug-likeness (QED) is 0.485. The molecule has 1 N–H and O–H groups in total. The van der Waals surface area contributed by atoms with Crippen LogP contribution < -0.4 is 10.9 Å². The number of para-hydroxylation sites is 1. The minimum Gasteiger partial charge on any atom is -0.337 e. The van der Waals surface area contributed by atoms with E-state index in [1.165, 1.54) is 11.8 Å². The maximum atomic E-state index is 13.4. The van der Waals surface area contributed by atoms with Gasteiger partial charge in [-0.25, -0.2) is 4.98 Å². The van der Waals surface area contributed by atoms with Crippen LogP contribution in [0.3, 0.4) is 0 Å². The lowest BCUT2D eigenvalue weighted by Gasteiger charge is -2.22. The lowest BCUT2D eigenvalue weighted by atomic mass is 10.0. The van der Waals surface area contributed by atoms with Gasteiger partial charge in [0, 0.05) is 0 Å². The standard InChI is InChI=1S/C24H24N4O2S/c1-16-9-10-17(2)20(13-16)28-22(30)18-7-3-4-8-19(18)26-23(28)31-14-21(29)27-24(15-25)11-5-6-12-24/h3-4,7-10,13H,5-6,11-12,14H2,1-2H3,(H,27,29). The SMILES string of the molecule is Cc1ccc(C)c(-n2c(SCC(=O)NC3(C#N)CCCC3)nc3ccccc3c2=O)c1. The van der Waals surface area contributed by atoms with E-state index in [0.29, 0.717) is 28.9 Å². The van der Waals surface area contributed by atoms with E-state index in [9.17, 15) is 14.9 Å². The lowest BCUT2D eigenvalue weighted by molar-refractivity contribution is -0.119. The number of amides is 1. The van der Waals surface area contributed by atoms with Gasteiger partial charge >= 0.3 is 0 Å². The highest BCUT2D eigenvalue weighted by Crippen LogP contribution is 2.29. The summed E-state index contributed by atoms with van der Waals surface area (Å²) in [7, 11) is 0. The first-order valence-corrected chi connectivity index (χ1v) is 11.4. The maximum Gasteiger partial charge on any atom is 0.266 e. The summed E-state index contributed by atoms with van der Waals surface area (Å²) < 4.78 is 1.60. The van der Waals surface area contributed by atoms with Crippen molar-refractivity contribution in [2.75, 3.05) is 5.75 Å². The molecule has 1 aromatic heterocycles. The second-order valence-corrected chi connectivity index (χ2v) is 9.02. The Morgan fingerprint density at radius 2 is 1.97 bits per heavy atom. The van der Waals surface area contributed by atoms with E-state index < -0.39 is 5.54 Å². The third-order valence-corrected chi connectivity index (χ3v) is 6.67. The zero-order valence-corrected chi connectivity index (χ0v) is 18.5. The van der Waals surface area contributed by atoms with Gasteiger partial charge in [-0.1, -0.05) is 36.0 Å². The normalized spacial score (nSPS) is 15.0. The molecule has 0 unspecified atom stereocenters. The van der Waals surface area contributed by atoms with Crippen molar-refractivity contribution in [1.29, 1.82) is 5.26 Å². The van der Waals surface area contributed by atoms with Crippen molar-refractivity contribution < 1.29 is 4.79 Å². The molecule has 2 aromatic carbocycles. The average molecular weight is 433 g/mol. The highest BCUT2D eigenvalue weighted by Gasteiger charge is 2.35. The van der Waals surface area contributed by atoms with E-state index >= 15 is 0 Å². The molecule has 0 saturated heterocycles. The highest BCUT2D eigenvalue weighted by molar-refractivity contribution is 7.99. The van der Waals surface area contributed by atoms with Gasteiger partial charge in [-0.3, -0.25) is 14.2 Å². The summed E-state index contributed by atoms with van der Waals surface area (Å²) in [5.74, 6) is -0.137. The summed E-state index contributed by atoms with van der Waals surface area (Å²) in [6.07, 6.45) is 3.25. The van der Waals surface area contributed by atoms with Crippen LogP contribution in [0, 0.1) is 25.2 Å². The van der Waals surface area contributed by atoms with E-state index in [1.54, 1.807) is 16.7 Å². The predicted octanol–water partition coefficient (Wildman–Crippen LogP) is 4.05. The highest BCUT2D eigenvalue weighted by atomic mass is 32.2. The van der Waals surface area contributed by atoms with Gasteiger partial charge in [0.05, 0.1) is 28.4 Å². The van der Waals surface area contributed by atoms with Gasteiger partial charge in [-0.15, -0.1) is 0 Å². The molecule has 1 heterocycles. The molecule has 0 atom stereocenters. The van der Waals surface area contributed by atoms with E-state index in [-0.39, 0.29) is 17.2 Å². The summed E-state index contributed by atoms with van der Waals surface area (Å²) in [6.45, 7) is 3.93. The number of benzene rings is 2. The molecule has 31 heavy (non-hydrogen) atoms. The molecule has 0 bridgehead atoms. The second kappa shape index (κ2) is 8.56. The number of hydrogen-bond donors (Lipinski definition) is 1. The fourth-order valence-corrected chi connectivity index (χ4v) is 4.86. The fourth-order valence-electron chi connectivity index (χ4n) is 4.06. The Hall–Kier alpha value is -3.11. The van der Waals surface area contributed by atoms with E-state index in [2.05, 4.69) is 11.4 Å². The van der Waals surface area contributed by atoms with Crippen molar-refractivity contribution >= 4 is 28.6 Å². The number of nitriles is 1. The Morgan fingerprint density at radius 3 is 2.71 bits per heavy atom.